The number of thioether (sulfide) groups is 1. The molecule has 0 saturated heterocycles. The van der Waals surface area contributed by atoms with E-state index in [2.05, 4.69) is 16.0 Å². The van der Waals surface area contributed by atoms with Gasteiger partial charge in [-0.25, -0.2) is 4.79 Å². The summed E-state index contributed by atoms with van der Waals surface area (Å²) in [5.74, 6) is -1.56. The predicted octanol–water partition coefficient (Wildman–Crippen LogP) is 0.903. The van der Waals surface area contributed by atoms with Crippen LogP contribution in [0.2, 0.25) is 0 Å². The third-order valence-corrected chi connectivity index (χ3v) is 5.17. The normalized spacial score (nSPS) is 13.7. The van der Waals surface area contributed by atoms with Crippen LogP contribution in [0, 0.1) is 5.92 Å². The molecule has 3 amide bonds. The summed E-state index contributed by atoms with van der Waals surface area (Å²) in [5, 5.41) is 26.5. The molecular weight excluding hydrogens is 422 g/mol. The molecule has 9 nitrogen and oxygen atoms in total. The number of aliphatic carboxylic acids is 1. The van der Waals surface area contributed by atoms with Crippen LogP contribution in [-0.4, -0.2) is 64.5 Å². The Balaban J connectivity index is 2.90. The van der Waals surface area contributed by atoms with Crippen molar-refractivity contribution in [2.45, 2.75) is 51.2 Å². The van der Waals surface area contributed by atoms with Crippen molar-refractivity contribution >= 4 is 36.0 Å². The first-order chi connectivity index (χ1) is 14.7. The van der Waals surface area contributed by atoms with Crippen LogP contribution in [0.25, 0.3) is 0 Å². The molecule has 0 spiro atoms. The summed E-state index contributed by atoms with van der Waals surface area (Å²) in [6.45, 7) is 3.76. The fraction of sp³-hybridized carbons (Fsp3) is 0.524. The van der Waals surface area contributed by atoms with Crippen molar-refractivity contribution < 1.29 is 29.4 Å². The second-order valence-electron chi connectivity index (χ2n) is 7.58. The number of benzene rings is 1. The van der Waals surface area contributed by atoms with E-state index in [1.807, 2.05) is 20.1 Å². The zero-order chi connectivity index (χ0) is 23.4. The molecule has 172 valence electrons. The Morgan fingerprint density at radius 1 is 1.03 bits per heavy atom. The molecule has 0 heterocycles. The number of hydrogen-bond acceptors (Lipinski definition) is 6. The van der Waals surface area contributed by atoms with Gasteiger partial charge in [0.2, 0.25) is 18.2 Å². The molecule has 1 aromatic rings. The van der Waals surface area contributed by atoms with Crippen molar-refractivity contribution in [3.63, 3.8) is 0 Å². The zero-order valence-electron chi connectivity index (χ0n) is 18.0. The summed E-state index contributed by atoms with van der Waals surface area (Å²) in [6, 6.07) is 3.10. The van der Waals surface area contributed by atoms with Gasteiger partial charge < -0.3 is 26.2 Å². The molecule has 0 aliphatic heterocycles. The van der Waals surface area contributed by atoms with Gasteiger partial charge in [0, 0.05) is 6.42 Å². The summed E-state index contributed by atoms with van der Waals surface area (Å²) in [5.41, 5.74) is 0.627. The molecule has 0 saturated carbocycles. The highest BCUT2D eigenvalue weighted by atomic mass is 32.2. The fourth-order valence-corrected chi connectivity index (χ4v) is 3.39. The smallest absolute Gasteiger partial charge is 0.326 e. The first-order valence-corrected chi connectivity index (χ1v) is 11.4. The highest BCUT2D eigenvalue weighted by molar-refractivity contribution is 7.98. The highest BCUT2D eigenvalue weighted by Gasteiger charge is 2.29. The maximum atomic E-state index is 12.8. The number of amides is 3. The lowest BCUT2D eigenvalue weighted by Crippen LogP contribution is -2.55. The summed E-state index contributed by atoms with van der Waals surface area (Å²) in [7, 11) is 0. The second-order valence-corrected chi connectivity index (χ2v) is 8.56. The molecular formula is C21H31N3O6S. The molecule has 3 atom stereocenters. The predicted molar refractivity (Wildman–Crippen MR) is 119 cm³/mol. The number of phenols is 1. The number of carbonyl (C=O) groups is 4. The third kappa shape index (κ3) is 9.73. The van der Waals surface area contributed by atoms with Crippen LogP contribution in [-0.2, 0) is 25.6 Å². The van der Waals surface area contributed by atoms with Crippen molar-refractivity contribution in [2.24, 2.45) is 5.92 Å². The zero-order valence-corrected chi connectivity index (χ0v) is 18.8. The molecule has 0 aromatic heterocycles. The minimum Gasteiger partial charge on any atom is -0.508 e. The molecule has 0 unspecified atom stereocenters. The number of phenolic OH excluding ortho intramolecular Hbond substituents is 1. The maximum absolute atomic E-state index is 12.8. The number of nitrogens with one attached hydrogen (secondary N) is 3. The van der Waals surface area contributed by atoms with Gasteiger partial charge in [-0.3, -0.25) is 14.4 Å². The number of carboxylic acid groups (broad SMARTS) is 1. The van der Waals surface area contributed by atoms with E-state index in [9.17, 15) is 29.4 Å². The molecule has 0 aliphatic rings. The van der Waals surface area contributed by atoms with E-state index in [1.165, 1.54) is 23.9 Å². The van der Waals surface area contributed by atoms with E-state index in [0.717, 1.165) is 0 Å². The molecule has 0 fully saturated rings. The van der Waals surface area contributed by atoms with Crippen molar-refractivity contribution in [3.8, 4) is 5.75 Å². The van der Waals surface area contributed by atoms with E-state index >= 15 is 0 Å². The van der Waals surface area contributed by atoms with Crippen molar-refractivity contribution in [3.05, 3.63) is 29.8 Å². The first kappa shape index (κ1) is 26.3. The summed E-state index contributed by atoms with van der Waals surface area (Å²) < 4.78 is 0. The number of hydrogen-bond donors (Lipinski definition) is 5. The Hall–Kier alpha value is -2.75. The van der Waals surface area contributed by atoms with E-state index in [1.54, 1.807) is 12.1 Å². The summed E-state index contributed by atoms with van der Waals surface area (Å²) in [4.78, 5) is 48.0. The van der Waals surface area contributed by atoms with Crippen LogP contribution in [0.4, 0.5) is 0 Å². The topological polar surface area (TPSA) is 145 Å². The van der Waals surface area contributed by atoms with Gasteiger partial charge in [-0.2, -0.15) is 11.8 Å². The maximum Gasteiger partial charge on any atom is 0.326 e. The van der Waals surface area contributed by atoms with Gasteiger partial charge in [-0.05, 0) is 48.5 Å². The van der Waals surface area contributed by atoms with Crippen LogP contribution >= 0.6 is 11.8 Å². The van der Waals surface area contributed by atoms with E-state index in [-0.39, 0.29) is 18.1 Å². The number of carboxylic acids is 1. The highest BCUT2D eigenvalue weighted by Crippen LogP contribution is 2.12. The van der Waals surface area contributed by atoms with Crippen LogP contribution in [0.1, 0.15) is 32.3 Å². The van der Waals surface area contributed by atoms with E-state index in [4.69, 9.17) is 0 Å². The van der Waals surface area contributed by atoms with E-state index in [0.29, 0.717) is 30.6 Å². The number of rotatable bonds is 14. The lowest BCUT2D eigenvalue weighted by atomic mass is 10.0. The Kier molecular flexibility index (Phi) is 11.5. The van der Waals surface area contributed by atoms with Gasteiger partial charge >= 0.3 is 5.97 Å². The van der Waals surface area contributed by atoms with Gasteiger partial charge in [0.15, 0.2) is 0 Å². The molecule has 31 heavy (non-hydrogen) atoms. The Morgan fingerprint density at radius 3 is 2.13 bits per heavy atom. The lowest BCUT2D eigenvalue weighted by Gasteiger charge is -2.25. The van der Waals surface area contributed by atoms with Gasteiger partial charge in [0.05, 0.1) is 0 Å². The SMILES string of the molecule is CSCC[C@H](NC=O)C(=O)N[C@@H](CC(C)C)C(=O)N[C@@H](Cc1ccc(O)cc1)C(=O)O. The van der Waals surface area contributed by atoms with Crippen molar-refractivity contribution in [1.82, 2.24) is 16.0 Å². The molecule has 0 bridgehead atoms. The first-order valence-electron chi connectivity index (χ1n) is 9.98. The summed E-state index contributed by atoms with van der Waals surface area (Å²) >= 11 is 1.53. The lowest BCUT2D eigenvalue weighted by molar-refractivity contribution is -0.142. The molecule has 10 heteroatoms. The third-order valence-electron chi connectivity index (χ3n) is 4.53. The van der Waals surface area contributed by atoms with Crippen molar-refractivity contribution in [1.29, 1.82) is 0 Å². The molecule has 0 radical (unpaired) electrons. The quantitative estimate of drug-likeness (QED) is 0.263. The Bertz CT molecular complexity index is 741. The molecule has 5 N–H and O–H groups in total. The average molecular weight is 454 g/mol. The van der Waals surface area contributed by atoms with Crippen LogP contribution in [0.3, 0.4) is 0 Å². The van der Waals surface area contributed by atoms with Crippen LogP contribution < -0.4 is 16.0 Å². The average Bonchev–Trinajstić information content (AvgIpc) is 2.71. The standard InChI is InChI=1S/C21H31N3O6S/c1-13(2)10-17(23-19(27)16(22-12-25)8-9-31-3)20(28)24-18(21(29)30)11-14-4-6-15(26)7-5-14/h4-7,12-13,16-18,26H,8-11H2,1-3H3,(H,22,25)(H,23,27)(H,24,28)(H,29,30)/t16-,17-,18-/m0/s1. The minimum atomic E-state index is -1.21. The van der Waals surface area contributed by atoms with Gasteiger partial charge in [0.25, 0.3) is 0 Å². The Morgan fingerprint density at radius 2 is 1.61 bits per heavy atom. The molecule has 1 rings (SSSR count). The fourth-order valence-electron chi connectivity index (χ4n) is 2.92. The monoisotopic (exact) mass is 453 g/mol. The van der Waals surface area contributed by atoms with Crippen LogP contribution in [0.15, 0.2) is 24.3 Å². The molecule has 0 aliphatic carbocycles. The number of aromatic hydroxyl groups is 1. The molecule has 1 aromatic carbocycles. The van der Waals surface area contributed by atoms with Gasteiger partial charge in [-0.1, -0.05) is 26.0 Å². The largest absolute Gasteiger partial charge is 0.508 e. The summed E-state index contributed by atoms with van der Waals surface area (Å²) in [6.07, 6.45) is 3.05. The van der Waals surface area contributed by atoms with E-state index < -0.39 is 35.9 Å². The van der Waals surface area contributed by atoms with Gasteiger partial charge in [0.1, 0.15) is 23.9 Å². The minimum absolute atomic E-state index is 0.0206. The van der Waals surface area contributed by atoms with Crippen LogP contribution in [0.5, 0.6) is 5.75 Å². The number of carbonyl (C=O) groups excluding carboxylic acids is 3. The van der Waals surface area contributed by atoms with Gasteiger partial charge in [-0.15, -0.1) is 0 Å². The Labute approximate surface area is 186 Å². The second kappa shape index (κ2) is 13.5. The van der Waals surface area contributed by atoms with Crippen molar-refractivity contribution in [2.75, 3.05) is 12.0 Å².